The number of benzene rings is 1. The van der Waals surface area contributed by atoms with Crippen LogP contribution in [0.4, 0.5) is 10.5 Å². The molecule has 1 aromatic rings. The van der Waals surface area contributed by atoms with Crippen LogP contribution in [0.2, 0.25) is 0 Å². The van der Waals surface area contributed by atoms with Crippen LogP contribution >= 0.6 is 15.9 Å². The Hall–Kier alpha value is -1.82. The Bertz CT molecular complexity index is 482. The van der Waals surface area contributed by atoms with Gasteiger partial charge in [-0.2, -0.15) is 0 Å². The third-order valence-corrected chi connectivity index (χ3v) is 2.71. The lowest BCUT2D eigenvalue weighted by molar-refractivity contribution is -0.137. The van der Waals surface area contributed by atoms with Gasteiger partial charge >= 0.3 is 12.0 Å². The number of amides is 2. The standard InChI is InChI=1S/C13H15BrN2O3/c1-3-4-16(8-12(17)18)13(19)15-11-6-9(2)5-10(14)7-11/h3,5-7H,1,4,8H2,2H3,(H,15,19)(H,17,18). The highest BCUT2D eigenvalue weighted by atomic mass is 79.9. The molecule has 6 heteroatoms. The number of hydrogen-bond donors (Lipinski definition) is 2. The fourth-order valence-corrected chi connectivity index (χ4v) is 2.16. The molecular formula is C13H15BrN2O3. The Labute approximate surface area is 120 Å². The van der Waals surface area contributed by atoms with Gasteiger partial charge < -0.3 is 15.3 Å². The maximum atomic E-state index is 11.9. The quantitative estimate of drug-likeness (QED) is 0.817. The van der Waals surface area contributed by atoms with Crippen LogP contribution < -0.4 is 5.32 Å². The number of rotatable bonds is 5. The predicted octanol–water partition coefficient (Wildman–Crippen LogP) is 2.86. The van der Waals surface area contributed by atoms with Gasteiger partial charge in [0.1, 0.15) is 6.54 Å². The highest BCUT2D eigenvalue weighted by molar-refractivity contribution is 9.10. The summed E-state index contributed by atoms with van der Waals surface area (Å²) in [6.07, 6.45) is 1.48. The van der Waals surface area contributed by atoms with E-state index in [2.05, 4.69) is 27.8 Å². The van der Waals surface area contributed by atoms with Crippen molar-refractivity contribution in [2.75, 3.05) is 18.4 Å². The zero-order valence-corrected chi connectivity index (χ0v) is 12.1. The maximum Gasteiger partial charge on any atom is 0.323 e. The van der Waals surface area contributed by atoms with Crippen LogP contribution in [0.1, 0.15) is 5.56 Å². The van der Waals surface area contributed by atoms with Crippen LogP contribution in [0.25, 0.3) is 0 Å². The van der Waals surface area contributed by atoms with Crippen molar-refractivity contribution in [2.24, 2.45) is 0 Å². The predicted molar refractivity (Wildman–Crippen MR) is 77.3 cm³/mol. The van der Waals surface area contributed by atoms with Crippen molar-refractivity contribution in [3.05, 3.63) is 40.9 Å². The fraction of sp³-hybridized carbons (Fsp3) is 0.231. The number of hydrogen-bond acceptors (Lipinski definition) is 2. The molecule has 0 aromatic heterocycles. The Morgan fingerprint density at radius 1 is 1.47 bits per heavy atom. The van der Waals surface area contributed by atoms with E-state index in [1.165, 1.54) is 6.08 Å². The molecule has 0 saturated carbocycles. The van der Waals surface area contributed by atoms with Crippen molar-refractivity contribution in [3.8, 4) is 0 Å². The van der Waals surface area contributed by atoms with Gasteiger partial charge in [0.25, 0.3) is 0 Å². The van der Waals surface area contributed by atoms with E-state index < -0.39 is 12.0 Å². The van der Waals surface area contributed by atoms with Crippen LogP contribution in [-0.4, -0.2) is 35.1 Å². The summed E-state index contributed by atoms with van der Waals surface area (Å²) in [6, 6.07) is 4.99. The molecule has 0 fully saturated rings. The van der Waals surface area contributed by atoms with Crippen LogP contribution in [0.15, 0.2) is 35.3 Å². The smallest absolute Gasteiger partial charge is 0.323 e. The van der Waals surface area contributed by atoms with Gasteiger partial charge in [-0.15, -0.1) is 6.58 Å². The Morgan fingerprint density at radius 2 is 2.16 bits per heavy atom. The highest BCUT2D eigenvalue weighted by Crippen LogP contribution is 2.19. The first kappa shape index (κ1) is 15.2. The minimum atomic E-state index is -1.07. The van der Waals surface area contributed by atoms with E-state index in [0.717, 1.165) is 14.9 Å². The summed E-state index contributed by atoms with van der Waals surface area (Å²) in [7, 11) is 0. The van der Waals surface area contributed by atoms with E-state index in [0.29, 0.717) is 5.69 Å². The molecular weight excluding hydrogens is 312 g/mol. The largest absolute Gasteiger partial charge is 0.480 e. The molecule has 1 rings (SSSR count). The Kier molecular flexibility index (Phi) is 5.57. The van der Waals surface area contributed by atoms with Crippen molar-refractivity contribution in [3.63, 3.8) is 0 Å². The van der Waals surface area contributed by atoms with Gasteiger partial charge in [0.2, 0.25) is 0 Å². The lowest BCUT2D eigenvalue weighted by atomic mass is 10.2. The number of carbonyl (C=O) groups excluding carboxylic acids is 1. The molecule has 102 valence electrons. The molecule has 0 heterocycles. The number of nitrogens with zero attached hydrogens (tertiary/aromatic N) is 1. The number of carboxylic acids is 1. The average Bonchev–Trinajstić information content (AvgIpc) is 2.26. The third-order valence-electron chi connectivity index (χ3n) is 2.26. The molecule has 5 nitrogen and oxygen atoms in total. The lowest BCUT2D eigenvalue weighted by Gasteiger charge is -2.19. The second kappa shape index (κ2) is 6.94. The van der Waals surface area contributed by atoms with E-state index in [4.69, 9.17) is 5.11 Å². The lowest BCUT2D eigenvalue weighted by Crippen LogP contribution is -2.38. The number of aliphatic carboxylic acids is 1. The van der Waals surface area contributed by atoms with Crippen molar-refractivity contribution >= 4 is 33.6 Å². The summed E-state index contributed by atoms with van der Waals surface area (Å²) < 4.78 is 0.844. The van der Waals surface area contributed by atoms with E-state index in [1.54, 1.807) is 12.1 Å². The van der Waals surface area contributed by atoms with Gasteiger partial charge in [-0.25, -0.2) is 4.79 Å². The molecule has 0 aliphatic rings. The van der Waals surface area contributed by atoms with Gasteiger partial charge in [0.05, 0.1) is 0 Å². The molecule has 0 atom stereocenters. The summed E-state index contributed by atoms with van der Waals surface area (Å²) in [5.41, 5.74) is 1.59. The normalized spacial score (nSPS) is 9.79. The molecule has 0 aliphatic heterocycles. The highest BCUT2D eigenvalue weighted by Gasteiger charge is 2.15. The van der Waals surface area contributed by atoms with Crippen LogP contribution in [-0.2, 0) is 4.79 Å². The minimum absolute atomic E-state index is 0.172. The zero-order chi connectivity index (χ0) is 14.4. The first-order valence-electron chi connectivity index (χ1n) is 5.58. The summed E-state index contributed by atoms with van der Waals surface area (Å²) in [6.45, 7) is 5.21. The molecule has 0 spiro atoms. The van der Waals surface area contributed by atoms with E-state index in [1.807, 2.05) is 13.0 Å². The van der Waals surface area contributed by atoms with Crippen LogP contribution in [0, 0.1) is 6.92 Å². The van der Waals surface area contributed by atoms with Gasteiger partial charge in [-0.3, -0.25) is 4.79 Å². The number of carboxylic acid groups (broad SMARTS) is 1. The first-order valence-corrected chi connectivity index (χ1v) is 6.37. The fourth-order valence-electron chi connectivity index (χ4n) is 1.55. The summed E-state index contributed by atoms with van der Waals surface area (Å²) >= 11 is 3.34. The van der Waals surface area contributed by atoms with Crippen LogP contribution in [0.3, 0.4) is 0 Å². The second-order valence-electron chi connectivity index (χ2n) is 4.01. The van der Waals surface area contributed by atoms with E-state index in [9.17, 15) is 9.59 Å². The topological polar surface area (TPSA) is 69.6 Å². The van der Waals surface area contributed by atoms with Gasteiger partial charge in [0.15, 0.2) is 0 Å². The van der Waals surface area contributed by atoms with E-state index >= 15 is 0 Å². The third kappa shape index (κ3) is 5.13. The van der Waals surface area contributed by atoms with Crippen molar-refractivity contribution < 1.29 is 14.7 Å². The maximum absolute atomic E-state index is 11.9. The number of halogens is 1. The Balaban J connectivity index is 2.80. The number of nitrogens with one attached hydrogen (secondary N) is 1. The molecule has 1 aromatic carbocycles. The van der Waals surface area contributed by atoms with Crippen molar-refractivity contribution in [1.82, 2.24) is 4.90 Å². The molecule has 0 bridgehead atoms. The molecule has 0 radical (unpaired) electrons. The summed E-state index contributed by atoms with van der Waals surface area (Å²) in [5, 5.41) is 11.4. The molecule has 2 amide bonds. The van der Waals surface area contributed by atoms with Gasteiger partial charge in [-0.1, -0.05) is 22.0 Å². The monoisotopic (exact) mass is 326 g/mol. The molecule has 2 N–H and O–H groups in total. The number of urea groups is 1. The van der Waals surface area contributed by atoms with Gasteiger partial charge in [-0.05, 0) is 30.7 Å². The molecule has 0 aliphatic carbocycles. The molecule has 0 unspecified atom stereocenters. The minimum Gasteiger partial charge on any atom is -0.480 e. The number of carbonyl (C=O) groups is 2. The molecule has 19 heavy (non-hydrogen) atoms. The van der Waals surface area contributed by atoms with Crippen molar-refractivity contribution in [1.29, 1.82) is 0 Å². The zero-order valence-electron chi connectivity index (χ0n) is 10.5. The second-order valence-corrected chi connectivity index (χ2v) is 4.93. The SMILES string of the molecule is C=CCN(CC(=O)O)C(=O)Nc1cc(C)cc(Br)c1. The average molecular weight is 327 g/mol. The summed E-state index contributed by atoms with van der Waals surface area (Å²) in [4.78, 5) is 23.8. The number of aryl methyl sites for hydroxylation is 1. The van der Waals surface area contributed by atoms with Crippen molar-refractivity contribution in [2.45, 2.75) is 6.92 Å². The number of anilines is 1. The Morgan fingerprint density at radius 3 is 2.68 bits per heavy atom. The summed E-state index contributed by atoms with van der Waals surface area (Å²) in [5.74, 6) is -1.07. The van der Waals surface area contributed by atoms with E-state index in [-0.39, 0.29) is 13.1 Å². The molecule has 0 saturated heterocycles. The van der Waals surface area contributed by atoms with Gasteiger partial charge in [0, 0.05) is 16.7 Å². The van der Waals surface area contributed by atoms with Crippen LogP contribution in [0.5, 0.6) is 0 Å². The first-order chi connectivity index (χ1) is 8.92.